The maximum absolute atomic E-state index is 11.9. The number of rotatable bonds is 6. The molecular weight excluding hydrogens is 350 g/mol. The van der Waals surface area contributed by atoms with E-state index in [1.807, 2.05) is 6.92 Å². The van der Waals surface area contributed by atoms with Crippen LogP contribution in [0.5, 0.6) is 0 Å². The molecule has 0 bridgehead atoms. The van der Waals surface area contributed by atoms with Gasteiger partial charge >= 0.3 is 5.97 Å². The molecule has 0 aliphatic heterocycles. The standard InChI is InChI=1S/C12H16BrNO5S/c1-3-18-4-5-19-12(15)10-6-9(20(14,16)17)7-11(13)8(10)2/h6-7H,3-5H2,1-2H3,(H2,14,16,17). The number of nitrogens with two attached hydrogens (primary N) is 1. The van der Waals surface area contributed by atoms with Gasteiger partial charge in [-0.2, -0.15) is 0 Å². The molecule has 6 nitrogen and oxygen atoms in total. The first-order valence-corrected chi connectivity index (χ1v) is 8.19. The Hall–Kier alpha value is -0.960. The monoisotopic (exact) mass is 365 g/mol. The lowest BCUT2D eigenvalue weighted by Gasteiger charge is -2.10. The summed E-state index contributed by atoms with van der Waals surface area (Å²) in [6.45, 7) is 4.43. The van der Waals surface area contributed by atoms with Crippen LogP contribution in [0.2, 0.25) is 0 Å². The van der Waals surface area contributed by atoms with Crippen molar-refractivity contribution in [3.63, 3.8) is 0 Å². The van der Waals surface area contributed by atoms with Crippen molar-refractivity contribution >= 4 is 31.9 Å². The molecule has 0 saturated carbocycles. The second-order valence-electron chi connectivity index (χ2n) is 3.96. The second kappa shape index (κ2) is 7.16. The number of hydrogen-bond acceptors (Lipinski definition) is 5. The van der Waals surface area contributed by atoms with E-state index in [9.17, 15) is 13.2 Å². The SMILES string of the molecule is CCOCCOC(=O)c1cc(S(N)(=O)=O)cc(Br)c1C. The minimum absolute atomic E-state index is 0.101. The molecule has 1 aromatic rings. The molecule has 0 spiro atoms. The number of benzene rings is 1. The Labute approximate surface area is 126 Å². The highest BCUT2D eigenvalue weighted by Crippen LogP contribution is 2.24. The van der Waals surface area contributed by atoms with Crippen LogP contribution < -0.4 is 5.14 Å². The van der Waals surface area contributed by atoms with E-state index in [2.05, 4.69) is 15.9 Å². The summed E-state index contributed by atoms with van der Waals surface area (Å²) < 4.78 is 33.2. The Morgan fingerprint density at radius 1 is 1.35 bits per heavy atom. The molecule has 0 heterocycles. The summed E-state index contributed by atoms with van der Waals surface area (Å²) in [6, 6.07) is 2.56. The van der Waals surface area contributed by atoms with E-state index in [0.29, 0.717) is 16.6 Å². The quantitative estimate of drug-likeness (QED) is 0.609. The van der Waals surface area contributed by atoms with Crippen LogP contribution in [-0.4, -0.2) is 34.2 Å². The van der Waals surface area contributed by atoms with Gasteiger partial charge < -0.3 is 9.47 Å². The molecule has 1 rings (SSSR count). The van der Waals surface area contributed by atoms with Crippen molar-refractivity contribution in [1.29, 1.82) is 0 Å². The van der Waals surface area contributed by atoms with Gasteiger partial charge in [0.1, 0.15) is 6.61 Å². The Morgan fingerprint density at radius 2 is 2.00 bits per heavy atom. The average Bonchev–Trinajstić information content (AvgIpc) is 2.36. The van der Waals surface area contributed by atoms with Gasteiger partial charge in [-0.1, -0.05) is 15.9 Å². The molecule has 0 aromatic heterocycles. The van der Waals surface area contributed by atoms with Crippen molar-refractivity contribution in [1.82, 2.24) is 0 Å². The molecule has 8 heteroatoms. The summed E-state index contributed by atoms with van der Waals surface area (Å²) in [4.78, 5) is 11.8. The maximum atomic E-state index is 11.9. The van der Waals surface area contributed by atoms with Crippen LogP contribution in [0, 0.1) is 6.92 Å². The number of carbonyl (C=O) groups excluding carboxylic acids is 1. The number of hydrogen-bond donors (Lipinski definition) is 1. The normalized spacial score (nSPS) is 11.4. The largest absolute Gasteiger partial charge is 0.460 e. The number of ether oxygens (including phenoxy) is 2. The summed E-state index contributed by atoms with van der Waals surface area (Å²) in [5.74, 6) is -0.617. The predicted molar refractivity (Wildman–Crippen MR) is 77.0 cm³/mol. The van der Waals surface area contributed by atoms with Crippen LogP contribution in [0.3, 0.4) is 0 Å². The van der Waals surface area contributed by atoms with Gasteiger partial charge in [-0.3, -0.25) is 0 Å². The Balaban J connectivity index is 2.99. The third-order valence-electron chi connectivity index (χ3n) is 2.53. The zero-order chi connectivity index (χ0) is 15.3. The smallest absolute Gasteiger partial charge is 0.338 e. The molecule has 0 aliphatic carbocycles. The molecular formula is C12H16BrNO5S. The van der Waals surface area contributed by atoms with Crippen molar-refractivity contribution in [3.8, 4) is 0 Å². The lowest BCUT2D eigenvalue weighted by molar-refractivity contribution is 0.0334. The number of halogens is 1. The van der Waals surface area contributed by atoms with E-state index >= 15 is 0 Å². The number of esters is 1. The summed E-state index contributed by atoms with van der Waals surface area (Å²) in [6.07, 6.45) is 0. The summed E-state index contributed by atoms with van der Waals surface area (Å²) in [7, 11) is -3.89. The fourth-order valence-corrected chi connectivity index (χ4v) is 2.62. The van der Waals surface area contributed by atoms with Gasteiger partial charge in [0.25, 0.3) is 0 Å². The van der Waals surface area contributed by atoms with E-state index in [1.165, 1.54) is 12.1 Å². The highest BCUT2D eigenvalue weighted by molar-refractivity contribution is 9.10. The molecule has 0 aliphatic rings. The molecule has 0 atom stereocenters. The third kappa shape index (κ3) is 4.55. The summed E-state index contributed by atoms with van der Waals surface area (Å²) in [5.41, 5.74) is 0.735. The number of sulfonamides is 1. The highest BCUT2D eigenvalue weighted by Gasteiger charge is 2.18. The minimum Gasteiger partial charge on any atom is -0.460 e. The van der Waals surface area contributed by atoms with Crippen molar-refractivity contribution in [2.75, 3.05) is 19.8 Å². The minimum atomic E-state index is -3.89. The molecule has 112 valence electrons. The third-order valence-corrected chi connectivity index (χ3v) is 4.25. The lowest BCUT2D eigenvalue weighted by atomic mass is 10.1. The molecule has 20 heavy (non-hydrogen) atoms. The predicted octanol–water partition coefficient (Wildman–Crippen LogP) is 1.60. The van der Waals surface area contributed by atoms with Crippen molar-refractivity contribution in [2.45, 2.75) is 18.7 Å². The van der Waals surface area contributed by atoms with Gasteiger partial charge in [-0.15, -0.1) is 0 Å². The van der Waals surface area contributed by atoms with Gasteiger partial charge in [-0.05, 0) is 31.5 Å². The van der Waals surface area contributed by atoms with E-state index in [0.717, 1.165) is 0 Å². The van der Waals surface area contributed by atoms with Crippen molar-refractivity contribution < 1.29 is 22.7 Å². The Bertz CT molecular complexity index is 600. The van der Waals surface area contributed by atoms with Crippen molar-refractivity contribution in [3.05, 3.63) is 27.7 Å². The topological polar surface area (TPSA) is 95.7 Å². The van der Waals surface area contributed by atoms with E-state index in [4.69, 9.17) is 14.6 Å². The molecule has 0 unspecified atom stereocenters. The van der Waals surface area contributed by atoms with Crippen LogP contribution in [-0.2, 0) is 19.5 Å². The zero-order valence-electron chi connectivity index (χ0n) is 11.2. The van der Waals surface area contributed by atoms with Crippen molar-refractivity contribution in [2.24, 2.45) is 5.14 Å². The first-order valence-electron chi connectivity index (χ1n) is 5.85. The fraction of sp³-hybridized carbons (Fsp3) is 0.417. The van der Waals surface area contributed by atoms with E-state index in [-0.39, 0.29) is 23.7 Å². The maximum Gasteiger partial charge on any atom is 0.338 e. The molecule has 0 fully saturated rings. The lowest BCUT2D eigenvalue weighted by Crippen LogP contribution is -2.16. The zero-order valence-corrected chi connectivity index (χ0v) is 13.6. The van der Waals surface area contributed by atoms with Gasteiger partial charge in [0.15, 0.2) is 0 Å². The average molecular weight is 366 g/mol. The van der Waals surface area contributed by atoms with Crippen LogP contribution in [0.25, 0.3) is 0 Å². The molecule has 1 aromatic carbocycles. The first kappa shape index (κ1) is 17.1. The van der Waals surface area contributed by atoms with Crippen LogP contribution in [0.1, 0.15) is 22.8 Å². The molecule has 2 N–H and O–H groups in total. The van der Waals surface area contributed by atoms with Crippen LogP contribution in [0.15, 0.2) is 21.5 Å². The summed E-state index contributed by atoms with van der Waals surface area (Å²) >= 11 is 3.20. The van der Waals surface area contributed by atoms with E-state index in [1.54, 1.807) is 6.92 Å². The molecule has 0 amide bonds. The van der Waals surface area contributed by atoms with Gasteiger partial charge in [0.2, 0.25) is 10.0 Å². The van der Waals surface area contributed by atoms with Crippen LogP contribution in [0.4, 0.5) is 0 Å². The number of carbonyl (C=O) groups is 1. The van der Waals surface area contributed by atoms with E-state index < -0.39 is 16.0 Å². The summed E-state index contributed by atoms with van der Waals surface area (Å²) in [5, 5.41) is 5.06. The highest BCUT2D eigenvalue weighted by atomic mass is 79.9. The fourth-order valence-electron chi connectivity index (χ4n) is 1.45. The van der Waals surface area contributed by atoms with Gasteiger partial charge in [-0.25, -0.2) is 18.4 Å². The Kier molecular flexibility index (Phi) is 6.12. The second-order valence-corrected chi connectivity index (χ2v) is 6.37. The number of primary sulfonamides is 1. The molecule has 0 saturated heterocycles. The first-order chi connectivity index (χ1) is 9.27. The Morgan fingerprint density at radius 3 is 2.55 bits per heavy atom. The van der Waals surface area contributed by atoms with Gasteiger partial charge in [0, 0.05) is 11.1 Å². The van der Waals surface area contributed by atoms with Gasteiger partial charge in [0.05, 0.1) is 17.1 Å². The molecule has 0 radical (unpaired) electrons. The van der Waals surface area contributed by atoms with Crippen LogP contribution >= 0.6 is 15.9 Å².